The van der Waals surface area contributed by atoms with Gasteiger partial charge in [0.1, 0.15) is 10.6 Å². The minimum atomic E-state index is -2.21. The second kappa shape index (κ2) is 4.90. The van der Waals surface area contributed by atoms with E-state index in [-0.39, 0.29) is 22.2 Å². The molecule has 0 saturated heterocycles. The van der Waals surface area contributed by atoms with Gasteiger partial charge in [-0.05, 0) is 12.1 Å². The summed E-state index contributed by atoms with van der Waals surface area (Å²) in [6.45, 7) is 1.32. The third kappa shape index (κ3) is 2.77. The van der Waals surface area contributed by atoms with Gasteiger partial charge >= 0.3 is 0 Å². The molecule has 1 rings (SSSR count). The molecule has 1 unspecified atom stereocenters. The predicted octanol–water partition coefficient (Wildman–Crippen LogP) is 1.23. The number of methoxy groups -OCH3 is 1. The van der Waals surface area contributed by atoms with E-state index in [1.54, 1.807) is 12.1 Å². The van der Waals surface area contributed by atoms with E-state index in [2.05, 4.69) is 5.32 Å². The van der Waals surface area contributed by atoms with E-state index < -0.39 is 11.1 Å². The maximum Gasteiger partial charge on any atom is 0.221 e. The maximum absolute atomic E-state index is 11.1. The van der Waals surface area contributed by atoms with E-state index in [9.17, 15) is 9.00 Å². The Morgan fingerprint density at radius 2 is 2.20 bits per heavy atom. The summed E-state index contributed by atoms with van der Waals surface area (Å²) >= 11 is -2.21. The average Bonchev–Trinajstić information content (AvgIpc) is 2.15. The van der Waals surface area contributed by atoms with E-state index in [0.29, 0.717) is 0 Å². The number of amides is 1. The fourth-order valence-electron chi connectivity index (χ4n) is 1.14. The second-order valence-corrected chi connectivity index (χ2v) is 3.67. The van der Waals surface area contributed by atoms with Crippen LogP contribution in [0.15, 0.2) is 23.1 Å². The summed E-state index contributed by atoms with van der Waals surface area (Å²) in [6.07, 6.45) is 0. The summed E-state index contributed by atoms with van der Waals surface area (Å²) in [5.41, 5.74) is 0.280. The minimum absolute atomic E-state index is 0.0650. The monoisotopic (exact) mass is 229 g/mol. The normalized spacial score (nSPS) is 11.9. The number of hydrogen-bond donors (Lipinski definition) is 2. The zero-order chi connectivity index (χ0) is 11.4. The molecule has 0 heterocycles. The van der Waals surface area contributed by atoms with Crippen molar-refractivity contribution in [3.8, 4) is 5.75 Å². The summed E-state index contributed by atoms with van der Waals surface area (Å²) in [7, 11) is 1.39. The lowest BCUT2D eigenvalue weighted by Gasteiger charge is -2.10. The molecule has 0 aliphatic carbocycles. The molecule has 0 saturated carbocycles. The molecule has 1 aromatic rings. The first-order valence-electron chi connectivity index (χ1n) is 4.11. The number of carbonyl (C=O) groups is 1. The SMILES string of the molecule is COc1cccc(NC(C)=O)c1S(=O)O. The Bertz CT molecular complexity index is 405. The highest BCUT2D eigenvalue weighted by molar-refractivity contribution is 7.79. The van der Waals surface area contributed by atoms with E-state index >= 15 is 0 Å². The molecule has 2 N–H and O–H groups in total. The van der Waals surface area contributed by atoms with Crippen molar-refractivity contribution in [1.29, 1.82) is 0 Å². The number of rotatable bonds is 3. The van der Waals surface area contributed by atoms with Gasteiger partial charge in [0.25, 0.3) is 0 Å². The Morgan fingerprint density at radius 1 is 1.53 bits per heavy atom. The van der Waals surface area contributed by atoms with Crippen LogP contribution in [0.5, 0.6) is 5.75 Å². The molecular formula is C9H11NO4S. The van der Waals surface area contributed by atoms with Gasteiger partial charge in [0, 0.05) is 6.92 Å². The van der Waals surface area contributed by atoms with Gasteiger partial charge in [0.15, 0.2) is 11.1 Å². The number of ether oxygens (including phenoxy) is 1. The molecular weight excluding hydrogens is 218 g/mol. The van der Waals surface area contributed by atoms with Crippen molar-refractivity contribution in [2.45, 2.75) is 11.8 Å². The topological polar surface area (TPSA) is 75.6 Å². The fourth-order valence-corrected chi connectivity index (χ4v) is 1.78. The van der Waals surface area contributed by atoms with Crippen LogP contribution < -0.4 is 10.1 Å². The van der Waals surface area contributed by atoms with Crippen molar-refractivity contribution in [2.75, 3.05) is 12.4 Å². The Balaban J connectivity index is 3.25. The average molecular weight is 229 g/mol. The van der Waals surface area contributed by atoms with E-state index in [1.165, 1.54) is 20.1 Å². The summed E-state index contributed by atoms with van der Waals surface area (Å²) < 4.78 is 25.1. The van der Waals surface area contributed by atoms with Crippen LogP contribution in [-0.2, 0) is 15.9 Å². The van der Waals surface area contributed by atoms with Gasteiger partial charge in [-0.25, -0.2) is 4.21 Å². The van der Waals surface area contributed by atoms with E-state index in [1.807, 2.05) is 0 Å². The van der Waals surface area contributed by atoms with Gasteiger partial charge in [0.2, 0.25) is 5.91 Å². The summed E-state index contributed by atoms with van der Waals surface area (Å²) in [5.74, 6) is -0.0444. The molecule has 0 spiro atoms. The maximum atomic E-state index is 11.1. The largest absolute Gasteiger partial charge is 0.495 e. The highest BCUT2D eigenvalue weighted by Gasteiger charge is 2.14. The van der Waals surface area contributed by atoms with Crippen molar-refractivity contribution < 1.29 is 18.3 Å². The quantitative estimate of drug-likeness (QED) is 0.764. The Hall–Kier alpha value is -1.40. The van der Waals surface area contributed by atoms with Gasteiger partial charge in [-0.3, -0.25) is 4.79 Å². The van der Waals surface area contributed by atoms with Gasteiger partial charge in [-0.2, -0.15) is 0 Å². The van der Waals surface area contributed by atoms with Gasteiger partial charge in [0.05, 0.1) is 12.8 Å². The fraction of sp³-hybridized carbons (Fsp3) is 0.222. The number of benzene rings is 1. The third-order valence-corrected chi connectivity index (χ3v) is 2.45. The van der Waals surface area contributed by atoms with Crippen LogP contribution in [0.1, 0.15) is 6.92 Å². The van der Waals surface area contributed by atoms with Gasteiger partial charge < -0.3 is 14.6 Å². The zero-order valence-corrected chi connectivity index (χ0v) is 9.13. The van der Waals surface area contributed by atoms with Gasteiger partial charge in [-0.15, -0.1) is 0 Å². The minimum Gasteiger partial charge on any atom is -0.495 e. The molecule has 0 bridgehead atoms. The lowest BCUT2D eigenvalue weighted by Crippen LogP contribution is -2.09. The van der Waals surface area contributed by atoms with Crippen LogP contribution in [0.4, 0.5) is 5.69 Å². The van der Waals surface area contributed by atoms with Crippen LogP contribution in [0, 0.1) is 0 Å². The van der Waals surface area contributed by atoms with E-state index in [0.717, 1.165) is 0 Å². The number of nitrogens with one attached hydrogen (secondary N) is 1. The van der Waals surface area contributed by atoms with Crippen LogP contribution in [-0.4, -0.2) is 21.8 Å². The number of anilines is 1. The van der Waals surface area contributed by atoms with Crippen LogP contribution >= 0.6 is 0 Å². The highest BCUT2D eigenvalue weighted by Crippen LogP contribution is 2.29. The van der Waals surface area contributed by atoms with Crippen molar-refractivity contribution in [2.24, 2.45) is 0 Å². The first kappa shape index (κ1) is 11.7. The van der Waals surface area contributed by atoms with Gasteiger partial charge in [-0.1, -0.05) is 6.07 Å². The Morgan fingerprint density at radius 3 is 2.67 bits per heavy atom. The molecule has 0 aliphatic heterocycles. The summed E-state index contributed by atoms with van der Waals surface area (Å²) in [4.78, 5) is 10.9. The standard InChI is InChI=1S/C9H11NO4S/c1-6(11)10-7-4-3-5-8(14-2)9(7)15(12)13/h3-5H,1-2H3,(H,10,11)(H,12,13). The van der Waals surface area contributed by atoms with Crippen molar-refractivity contribution in [3.05, 3.63) is 18.2 Å². The molecule has 1 amide bonds. The van der Waals surface area contributed by atoms with Crippen LogP contribution in [0.25, 0.3) is 0 Å². The summed E-state index contributed by atoms with van der Waals surface area (Å²) in [6, 6.07) is 4.71. The summed E-state index contributed by atoms with van der Waals surface area (Å²) in [5, 5.41) is 2.46. The molecule has 1 aromatic carbocycles. The molecule has 0 radical (unpaired) electrons. The van der Waals surface area contributed by atoms with Crippen molar-refractivity contribution in [3.63, 3.8) is 0 Å². The van der Waals surface area contributed by atoms with Crippen molar-refractivity contribution in [1.82, 2.24) is 0 Å². The highest BCUT2D eigenvalue weighted by atomic mass is 32.2. The van der Waals surface area contributed by atoms with Crippen LogP contribution in [0.2, 0.25) is 0 Å². The lowest BCUT2D eigenvalue weighted by atomic mass is 10.3. The Labute approximate surface area is 89.7 Å². The van der Waals surface area contributed by atoms with E-state index in [4.69, 9.17) is 9.29 Å². The lowest BCUT2D eigenvalue weighted by molar-refractivity contribution is -0.114. The predicted molar refractivity (Wildman–Crippen MR) is 56.3 cm³/mol. The molecule has 5 nitrogen and oxygen atoms in total. The first-order chi connectivity index (χ1) is 7.06. The zero-order valence-electron chi connectivity index (χ0n) is 8.31. The molecule has 0 aromatic heterocycles. The molecule has 82 valence electrons. The smallest absolute Gasteiger partial charge is 0.221 e. The second-order valence-electron chi connectivity index (χ2n) is 2.77. The number of hydrogen-bond acceptors (Lipinski definition) is 3. The molecule has 0 aliphatic rings. The molecule has 0 fully saturated rings. The number of carbonyl (C=O) groups excluding carboxylic acids is 1. The first-order valence-corrected chi connectivity index (χ1v) is 5.22. The Kier molecular flexibility index (Phi) is 3.81. The molecule has 6 heteroatoms. The molecule has 15 heavy (non-hydrogen) atoms. The van der Waals surface area contributed by atoms with Crippen LogP contribution in [0.3, 0.4) is 0 Å². The molecule has 1 atom stereocenters. The third-order valence-electron chi connectivity index (χ3n) is 1.68. The van der Waals surface area contributed by atoms with Crippen molar-refractivity contribution >= 4 is 22.7 Å².